The van der Waals surface area contributed by atoms with E-state index in [-0.39, 0.29) is 29.6 Å². The molecule has 2 aliphatic heterocycles. The van der Waals surface area contributed by atoms with Gasteiger partial charge in [0.1, 0.15) is 0 Å². The van der Waals surface area contributed by atoms with Crippen molar-refractivity contribution in [3.05, 3.63) is 29.8 Å². The Morgan fingerprint density at radius 3 is 2.27 bits per heavy atom. The lowest BCUT2D eigenvalue weighted by atomic mass is 9.76. The molecule has 0 aromatic heterocycles. The fourth-order valence-corrected chi connectivity index (χ4v) is 4.68. The molecule has 5 nitrogen and oxygen atoms in total. The Morgan fingerprint density at radius 2 is 1.58 bits per heavy atom. The molecular weight excluding hydrogens is 328 g/mol. The van der Waals surface area contributed by atoms with Crippen molar-refractivity contribution >= 4 is 23.4 Å². The molecule has 138 valence electrons. The van der Waals surface area contributed by atoms with Crippen molar-refractivity contribution in [2.45, 2.75) is 45.4 Å². The van der Waals surface area contributed by atoms with E-state index in [0.717, 1.165) is 45.2 Å². The van der Waals surface area contributed by atoms with Gasteiger partial charge in [-0.2, -0.15) is 0 Å². The van der Waals surface area contributed by atoms with Crippen LogP contribution in [0.2, 0.25) is 0 Å². The number of carbonyl (C=O) groups is 3. The predicted molar refractivity (Wildman–Crippen MR) is 98.7 cm³/mol. The van der Waals surface area contributed by atoms with Crippen molar-refractivity contribution in [2.75, 3.05) is 18.0 Å². The number of hydrogen-bond donors (Lipinski definition) is 0. The number of fused-ring (bicyclic) bond motifs is 1. The van der Waals surface area contributed by atoms with Gasteiger partial charge in [-0.15, -0.1) is 0 Å². The fraction of sp³-hybridized carbons (Fsp3) is 0.571. The van der Waals surface area contributed by atoms with Crippen LogP contribution >= 0.6 is 0 Å². The number of imide groups is 1. The summed E-state index contributed by atoms with van der Waals surface area (Å²) >= 11 is 0. The number of nitrogens with zero attached hydrogens (tertiary/aromatic N) is 2. The summed E-state index contributed by atoms with van der Waals surface area (Å²) in [6.45, 7) is 3.77. The van der Waals surface area contributed by atoms with E-state index in [4.69, 9.17) is 0 Å². The molecule has 3 atom stereocenters. The molecule has 0 N–H and O–H groups in total. The summed E-state index contributed by atoms with van der Waals surface area (Å²) in [5.74, 6) is 0.0771. The number of carbonyl (C=O) groups excluding carboxylic acids is 3. The first-order valence-electron chi connectivity index (χ1n) is 9.83. The van der Waals surface area contributed by atoms with Crippen molar-refractivity contribution in [3.63, 3.8) is 0 Å². The average Bonchev–Trinajstić information content (AvgIpc) is 2.92. The average molecular weight is 354 g/mol. The summed E-state index contributed by atoms with van der Waals surface area (Å²) in [4.78, 5) is 41.4. The SMILES string of the molecule is C[C@@H]1CC[C@@H]2C(=O)N(c3ccc(C(=O)N4CCCCC4)cc3)C(=O)[C@@H]2C1. The Balaban J connectivity index is 1.52. The molecule has 4 rings (SSSR count). The fourth-order valence-electron chi connectivity index (χ4n) is 4.68. The van der Waals surface area contributed by atoms with E-state index in [1.165, 1.54) is 11.3 Å². The highest BCUT2D eigenvalue weighted by Crippen LogP contribution is 2.42. The third-order valence-corrected chi connectivity index (χ3v) is 6.20. The molecule has 2 heterocycles. The van der Waals surface area contributed by atoms with E-state index in [1.807, 2.05) is 4.90 Å². The van der Waals surface area contributed by atoms with Gasteiger partial charge in [0.15, 0.2) is 0 Å². The molecular formula is C21H26N2O3. The van der Waals surface area contributed by atoms with Gasteiger partial charge in [-0.05, 0) is 68.7 Å². The first kappa shape index (κ1) is 17.3. The van der Waals surface area contributed by atoms with Crippen molar-refractivity contribution in [1.82, 2.24) is 4.90 Å². The van der Waals surface area contributed by atoms with Crippen LogP contribution in [0.1, 0.15) is 55.8 Å². The van der Waals surface area contributed by atoms with Gasteiger partial charge in [0.25, 0.3) is 5.91 Å². The van der Waals surface area contributed by atoms with Crippen LogP contribution in [-0.4, -0.2) is 35.7 Å². The Morgan fingerprint density at radius 1 is 0.923 bits per heavy atom. The second-order valence-corrected chi connectivity index (χ2v) is 8.04. The molecule has 3 amide bonds. The molecule has 2 saturated heterocycles. The maximum atomic E-state index is 12.8. The van der Waals surface area contributed by atoms with E-state index >= 15 is 0 Å². The topological polar surface area (TPSA) is 57.7 Å². The molecule has 26 heavy (non-hydrogen) atoms. The van der Waals surface area contributed by atoms with E-state index in [1.54, 1.807) is 24.3 Å². The van der Waals surface area contributed by atoms with E-state index in [2.05, 4.69) is 6.92 Å². The van der Waals surface area contributed by atoms with Gasteiger partial charge in [0.2, 0.25) is 11.8 Å². The molecule has 1 aromatic carbocycles. The van der Waals surface area contributed by atoms with Crippen LogP contribution in [-0.2, 0) is 9.59 Å². The lowest BCUT2D eigenvalue weighted by Crippen LogP contribution is -2.35. The number of piperidine rings is 1. The van der Waals surface area contributed by atoms with Crippen LogP contribution in [0.4, 0.5) is 5.69 Å². The Labute approximate surface area is 154 Å². The standard InChI is InChI=1S/C21H26N2O3/c1-14-5-10-17-18(13-14)21(26)23(20(17)25)16-8-6-15(7-9-16)19(24)22-11-3-2-4-12-22/h6-9,14,17-18H,2-5,10-13H2,1H3/t14-,17+,18-/m1/s1. The molecule has 0 bridgehead atoms. The Hall–Kier alpha value is -2.17. The minimum atomic E-state index is -0.166. The number of benzene rings is 1. The molecule has 1 saturated carbocycles. The first-order valence-corrected chi connectivity index (χ1v) is 9.83. The van der Waals surface area contributed by atoms with Gasteiger partial charge in [-0.3, -0.25) is 19.3 Å². The third kappa shape index (κ3) is 2.93. The molecule has 0 unspecified atom stereocenters. The lowest BCUT2D eigenvalue weighted by Gasteiger charge is -2.26. The predicted octanol–water partition coefficient (Wildman–Crippen LogP) is 3.24. The molecule has 0 spiro atoms. The van der Waals surface area contributed by atoms with Crippen LogP contribution in [0.3, 0.4) is 0 Å². The van der Waals surface area contributed by atoms with E-state index in [0.29, 0.717) is 17.2 Å². The lowest BCUT2D eigenvalue weighted by molar-refractivity contribution is -0.122. The highest BCUT2D eigenvalue weighted by molar-refractivity contribution is 6.22. The highest BCUT2D eigenvalue weighted by atomic mass is 16.2. The van der Waals surface area contributed by atoms with Gasteiger partial charge in [0, 0.05) is 18.7 Å². The van der Waals surface area contributed by atoms with Gasteiger partial charge in [-0.25, -0.2) is 0 Å². The van der Waals surface area contributed by atoms with Crippen LogP contribution in [0.15, 0.2) is 24.3 Å². The zero-order valence-electron chi connectivity index (χ0n) is 15.3. The third-order valence-electron chi connectivity index (χ3n) is 6.20. The van der Waals surface area contributed by atoms with Gasteiger partial charge in [-0.1, -0.05) is 6.92 Å². The van der Waals surface area contributed by atoms with Gasteiger partial charge >= 0.3 is 0 Å². The van der Waals surface area contributed by atoms with Gasteiger partial charge < -0.3 is 4.90 Å². The van der Waals surface area contributed by atoms with Crippen LogP contribution in [0, 0.1) is 17.8 Å². The Bertz CT molecular complexity index is 721. The second kappa shape index (κ2) is 6.86. The Kier molecular flexibility index (Phi) is 4.55. The number of amides is 3. The summed E-state index contributed by atoms with van der Waals surface area (Å²) in [5, 5.41) is 0. The van der Waals surface area contributed by atoms with E-state index in [9.17, 15) is 14.4 Å². The number of hydrogen-bond acceptors (Lipinski definition) is 3. The van der Waals surface area contributed by atoms with Crippen LogP contribution < -0.4 is 4.90 Å². The normalized spacial score (nSPS) is 29.0. The summed E-state index contributed by atoms with van der Waals surface area (Å²) < 4.78 is 0. The first-order chi connectivity index (χ1) is 12.6. The summed E-state index contributed by atoms with van der Waals surface area (Å²) in [7, 11) is 0. The second-order valence-electron chi connectivity index (χ2n) is 8.04. The summed E-state index contributed by atoms with van der Waals surface area (Å²) in [5.41, 5.74) is 1.22. The van der Waals surface area contributed by atoms with Crippen molar-refractivity contribution in [3.8, 4) is 0 Å². The summed E-state index contributed by atoms with van der Waals surface area (Å²) in [6, 6.07) is 6.98. The number of anilines is 1. The highest BCUT2D eigenvalue weighted by Gasteiger charge is 2.49. The van der Waals surface area contributed by atoms with Gasteiger partial charge in [0.05, 0.1) is 17.5 Å². The minimum Gasteiger partial charge on any atom is -0.339 e. The van der Waals surface area contributed by atoms with Crippen molar-refractivity contribution in [2.24, 2.45) is 17.8 Å². The smallest absolute Gasteiger partial charge is 0.253 e. The molecule has 3 fully saturated rings. The molecule has 1 aromatic rings. The number of rotatable bonds is 2. The number of likely N-dealkylation sites (tertiary alicyclic amines) is 1. The maximum absolute atomic E-state index is 12.8. The molecule has 3 aliphatic rings. The maximum Gasteiger partial charge on any atom is 0.253 e. The van der Waals surface area contributed by atoms with Crippen LogP contribution in [0.5, 0.6) is 0 Å². The zero-order valence-corrected chi connectivity index (χ0v) is 15.3. The molecule has 1 aliphatic carbocycles. The van der Waals surface area contributed by atoms with Crippen LogP contribution in [0.25, 0.3) is 0 Å². The minimum absolute atomic E-state index is 0.0396. The molecule has 5 heteroatoms. The van der Waals surface area contributed by atoms with Crippen molar-refractivity contribution < 1.29 is 14.4 Å². The summed E-state index contributed by atoms with van der Waals surface area (Å²) in [6.07, 6.45) is 5.92. The van der Waals surface area contributed by atoms with E-state index < -0.39 is 0 Å². The molecule has 0 radical (unpaired) electrons. The monoisotopic (exact) mass is 354 g/mol. The zero-order chi connectivity index (χ0) is 18.3. The largest absolute Gasteiger partial charge is 0.339 e. The van der Waals surface area contributed by atoms with Crippen molar-refractivity contribution in [1.29, 1.82) is 0 Å². The quantitative estimate of drug-likeness (QED) is 0.766.